The summed E-state index contributed by atoms with van der Waals surface area (Å²) in [7, 11) is 0. The Kier molecular flexibility index (Phi) is 8.62. The fourth-order valence-corrected chi connectivity index (χ4v) is 1.75. The highest BCUT2D eigenvalue weighted by Gasteiger charge is 2.21. The fraction of sp³-hybridized carbons (Fsp3) is 0.833. The van der Waals surface area contributed by atoms with Crippen molar-refractivity contribution in [1.29, 1.82) is 0 Å². The predicted octanol–water partition coefficient (Wildman–Crippen LogP) is 2.02. The molecule has 2 unspecified atom stereocenters. The minimum Gasteiger partial charge on any atom is -0.480 e. The molecule has 2 atom stereocenters. The Morgan fingerprint density at radius 1 is 1.39 bits per heavy atom. The zero-order chi connectivity index (χ0) is 14.1. The number of carbonyl (C=O) groups excluding carboxylic acids is 1. The van der Waals surface area contributed by atoms with Gasteiger partial charge in [0.2, 0.25) is 0 Å². The van der Waals surface area contributed by atoms with Gasteiger partial charge in [0.25, 0.3) is 0 Å². The SMILES string of the molecule is CCC(C)N(CC(=O)O)C(=O)NCCC(C)SC. The summed E-state index contributed by atoms with van der Waals surface area (Å²) < 4.78 is 0. The molecule has 106 valence electrons. The van der Waals surface area contributed by atoms with Crippen LogP contribution in [0.25, 0.3) is 0 Å². The molecule has 18 heavy (non-hydrogen) atoms. The van der Waals surface area contributed by atoms with Crippen molar-refractivity contribution in [2.45, 2.75) is 44.9 Å². The molecule has 0 bridgehead atoms. The molecule has 0 aromatic rings. The third kappa shape index (κ3) is 6.74. The van der Waals surface area contributed by atoms with E-state index in [1.165, 1.54) is 4.90 Å². The van der Waals surface area contributed by atoms with Gasteiger partial charge in [0, 0.05) is 17.8 Å². The Hall–Kier alpha value is -0.910. The van der Waals surface area contributed by atoms with E-state index in [-0.39, 0.29) is 18.6 Å². The second kappa shape index (κ2) is 9.08. The lowest BCUT2D eigenvalue weighted by atomic mass is 10.2. The minimum absolute atomic E-state index is 0.0703. The largest absolute Gasteiger partial charge is 0.480 e. The molecule has 6 heteroatoms. The zero-order valence-electron chi connectivity index (χ0n) is 11.6. The molecule has 2 amide bonds. The molecule has 0 fully saturated rings. The highest BCUT2D eigenvalue weighted by Crippen LogP contribution is 2.08. The van der Waals surface area contributed by atoms with Crippen LogP contribution >= 0.6 is 11.8 Å². The van der Waals surface area contributed by atoms with E-state index in [0.29, 0.717) is 11.8 Å². The summed E-state index contributed by atoms with van der Waals surface area (Å²) in [4.78, 5) is 24.0. The Balaban J connectivity index is 4.25. The maximum atomic E-state index is 11.9. The zero-order valence-corrected chi connectivity index (χ0v) is 12.4. The lowest BCUT2D eigenvalue weighted by molar-refractivity contribution is -0.138. The number of nitrogens with one attached hydrogen (secondary N) is 1. The van der Waals surface area contributed by atoms with Gasteiger partial charge in [-0.15, -0.1) is 0 Å². The normalized spacial score (nSPS) is 13.8. The highest BCUT2D eigenvalue weighted by atomic mass is 32.2. The second-order valence-electron chi connectivity index (χ2n) is 4.35. The van der Waals surface area contributed by atoms with Crippen molar-refractivity contribution in [2.75, 3.05) is 19.3 Å². The molecular weight excluding hydrogens is 252 g/mol. The number of urea groups is 1. The van der Waals surface area contributed by atoms with Crippen LogP contribution in [0, 0.1) is 0 Å². The van der Waals surface area contributed by atoms with Gasteiger partial charge in [-0.2, -0.15) is 11.8 Å². The molecule has 0 saturated heterocycles. The van der Waals surface area contributed by atoms with Crippen LogP contribution in [0.5, 0.6) is 0 Å². The Morgan fingerprint density at radius 2 is 2.00 bits per heavy atom. The Morgan fingerprint density at radius 3 is 2.44 bits per heavy atom. The predicted molar refractivity (Wildman–Crippen MR) is 75.1 cm³/mol. The third-order valence-electron chi connectivity index (χ3n) is 2.92. The molecule has 0 aromatic heterocycles. The van der Waals surface area contributed by atoms with Crippen molar-refractivity contribution >= 4 is 23.8 Å². The summed E-state index contributed by atoms with van der Waals surface area (Å²) in [5.74, 6) is -0.983. The van der Waals surface area contributed by atoms with E-state index in [2.05, 4.69) is 12.2 Å². The number of carbonyl (C=O) groups is 2. The van der Waals surface area contributed by atoms with E-state index in [0.717, 1.165) is 12.8 Å². The number of rotatable bonds is 8. The van der Waals surface area contributed by atoms with Crippen molar-refractivity contribution in [1.82, 2.24) is 10.2 Å². The van der Waals surface area contributed by atoms with Crippen LogP contribution in [0.4, 0.5) is 4.79 Å². The second-order valence-corrected chi connectivity index (χ2v) is 5.62. The van der Waals surface area contributed by atoms with Crippen LogP contribution < -0.4 is 5.32 Å². The van der Waals surface area contributed by atoms with Gasteiger partial charge < -0.3 is 15.3 Å². The molecule has 0 heterocycles. The summed E-state index contributed by atoms with van der Waals surface area (Å²) in [6.07, 6.45) is 3.65. The summed E-state index contributed by atoms with van der Waals surface area (Å²) in [6.45, 7) is 6.21. The van der Waals surface area contributed by atoms with E-state index < -0.39 is 5.97 Å². The number of carboxylic acid groups (broad SMARTS) is 1. The summed E-state index contributed by atoms with van der Waals surface area (Å²) in [5.41, 5.74) is 0. The van der Waals surface area contributed by atoms with Crippen LogP contribution in [-0.4, -0.2) is 52.6 Å². The van der Waals surface area contributed by atoms with Crippen molar-refractivity contribution in [3.63, 3.8) is 0 Å². The van der Waals surface area contributed by atoms with Gasteiger partial charge in [0.15, 0.2) is 0 Å². The van der Waals surface area contributed by atoms with E-state index in [1.54, 1.807) is 11.8 Å². The van der Waals surface area contributed by atoms with Gasteiger partial charge in [-0.3, -0.25) is 4.79 Å². The molecule has 0 aliphatic carbocycles. The molecule has 0 spiro atoms. The van der Waals surface area contributed by atoms with Crippen LogP contribution in [0.2, 0.25) is 0 Å². The van der Waals surface area contributed by atoms with Crippen molar-refractivity contribution in [2.24, 2.45) is 0 Å². The van der Waals surface area contributed by atoms with Crippen LogP contribution in [0.1, 0.15) is 33.6 Å². The Labute approximate surface area is 113 Å². The molecule has 2 N–H and O–H groups in total. The first-order valence-corrected chi connectivity index (χ1v) is 7.50. The average Bonchev–Trinajstić information content (AvgIpc) is 2.34. The standard InChI is InChI=1S/C12H24N2O3S/c1-5-9(2)14(8-11(15)16)12(17)13-7-6-10(3)18-4/h9-10H,5-8H2,1-4H3,(H,13,17)(H,15,16). The molecule has 0 aromatic carbocycles. The maximum Gasteiger partial charge on any atom is 0.323 e. The first-order valence-electron chi connectivity index (χ1n) is 6.21. The first-order chi connectivity index (χ1) is 8.42. The van der Waals surface area contributed by atoms with Gasteiger partial charge in [-0.05, 0) is 26.0 Å². The number of hydrogen-bond donors (Lipinski definition) is 2. The Bertz CT molecular complexity index is 274. The minimum atomic E-state index is -0.983. The average molecular weight is 276 g/mol. The molecule has 0 aliphatic heterocycles. The third-order valence-corrected chi connectivity index (χ3v) is 3.96. The van der Waals surface area contributed by atoms with Crippen molar-refractivity contribution < 1.29 is 14.7 Å². The fourth-order valence-electron chi connectivity index (χ4n) is 1.40. The molecule has 0 radical (unpaired) electrons. The number of nitrogens with zero attached hydrogens (tertiary/aromatic N) is 1. The van der Waals surface area contributed by atoms with E-state index in [4.69, 9.17) is 5.11 Å². The van der Waals surface area contributed by atoms with Crippen molar-refractivity contribution in [3.05, 3.63) is 0 Å². The first kappa shape index (κ1) is 17.1. The highest BCUT2D eigenvalue weighted by molar-refractivity contribution is 7.99. The number of aliphatic carboxylic acids is 1. The summed E-state index contributed by atoms with van der Waals surface area (Å²) >= 11 is 1.75. The summed E-state index contributed by atoms with van der Waals surface area (Å²) in [6, 6.07) is -0.362. The van der Waals surface area contributed by atoms with Gasteiger partial charge in [-0.1, -0.05) is 13.8 Å². The number of thioether (sulfide) groups is 1. The van der Waals surface area contributed by atoms with Crippen LogP contribution in [-0.2, 0) is 4.79 Å². The van der Waals surface area contributed by atoms with Crippen LogP contribution in [0.15, 0.2) is 0 Å². The topological polar surface area (TPSA) is 69.6 Å². The van der Waals surface area contributed by atoms with E-state index >= 15 is 0 Å². The molecule has 0 aliphatic rings. The molecular formula is C12H24N2O3S. The van der Waals surface area contributed by atoms with Gasteiger partial charge in [-0.25, -0.2) is 4.79 Å². The van der Waals surface area contributed by atoms with Crippen LogP contribution in [0.3, 0.4) is 0 Å². The van der Waals surface area contributed by atoms with Gasteiger partial charge >= 0.3 is 12.0 Å². The molecule has 5 nitrogen and oxygen atoms in total. The maximum absolute atomic E-state index is 11.9. The lowest BCUT2D eigenvalue weighted by Crippen LogP contribution is -2.47. The molecule has 0 rings (SSSR count). The number of hydrogen-bond acceptors (Lipinski definition) is 3. The van der Waals surface area contributed by atoms with Crippen molar-refractivity contribution in [3.8, 4) is 0 Å². The lowest BCUT2D eigenvalue weighted by Gasteiger charge is -2.27. The monoisotopic (exact) mass is 276 g/mol. The van der Waals surface area contributed by atoms with Gasteiger partial charge in [0.05, 0.1) is 0 Å². The van der Waals surface area contributed by atoms with Gasteiger partial charge in [0.1, 0.15) is 6.54 Å². The number of carboxylic acids is 1. The summed E-state index contributed by atoms with van der Waals surface area (Å²) in [5, 5.41) is 12.1. The van der Waals surface area contributed by atoms with E-state index in [1.807, 2.05) is 20.1 Å². The van der Waals surface area contributed by atoms with E-state index in [9.17, 15) is 9.59 Å². The quantitative estimate of drug-likeness (QED) is 0.711. The number of amides is 2. The smallest absolute Gasteiger partial charge is 0.323 e. The molecule has 0 saturated carbocycles.